The molecular formula is C27H19NO2. The van der Waals surface area contributed by atoms with Crippen molar-refractivity contribution >= 4 is 17.3 Å². The SMILES string of the molecule is O=C1c2ccccc2C(=O)c2c(NCc3ccc(-c4ccccc4)cc3)cccc21. The minimum atomic E-state index is -0.109. The molecule has 0 atom stereocenters. The van der Waals surface area contributed by atoms with Crippen LogP contribution in [0.1, 0.15) is 37.4 Å². The molecule has 0 amide bonds. The fourth-order valence-electron chi connectivity index (χ4n) is 3.94. The van der Waals surface area contributed by atoms with Crippen molar-refractivity contribution in [2.24, 2.45) is 0 Å². The number of fused-ring (bicyclic) bond motifs is 2. The van der Waals surface area contributed by atoms with E-state index in [1.54, 1.807) is 30.3 Å². The molecule has 1 aliphatic carbocycles. The lowest BCUT2D eigenvalue weighted by atomic mass is 9.83. The Balaban J connectivity index is 1.41. The highest BCUT2D eigenvalue weighted by Crippen LogP contribution is 2.32. The van der Waals surface area contributed by atoms with E-state index in [-0.39, 0.29) is 11.6 Å². The van der Waals surface area contributed by atoms with Crippen LogP contribution in [-0.4, -0.2) is 11.6 Å². The van der Waals surface area contributed by atoms with E-state index in [0.29, 0.717) is 34.5 Å². The van der Waals surface area contributed by atoms with Crippen LogP contribution in [0.3, 0.4) is 0 Å². The number of nitrogens with one attached hydrogen (secondary N) is 1. The van der Waals surface area contributed by atoms with Crippen LogP contribution >= 0.6 is 0 Å². The van der Waals surface area contributed by atoms with E-state index in [2.05, 4.69) is 41.7 Å². The van der Waals surface area contributed by atoms with E-state index < -0.39 is 0 Å². The van der Waals surface area contributed by atoms with E-state index in [4.69, 9.17) is 0 Å². The zero-order chi connectivity index (χ0) is 20.5. The highest BCUT2D eigenvalue weighted by atomic mass is 16.1. The van der Waals surface area contributed by atoms with Gasteiger partial charge >= 0.3 is 0 Å². The standard InChI is InChI=1S/C27H19NO2/c29-26-21-9-4-5-10-22(21)27(30)25-23(26)11-6-12-24(25)28-17-18-13-15-20(16-14-18)19-7-2-1-3-8-19/h1-16,28H,17H2. The second-order valence-electron chi connectivity index (χ2n) is 7.35. The zero-order valence-corrected chi connectivity index (χ0v) is 16.3. The molecule has 0 radical (unpaired) electrons. The molecule has 4 aromatic carbocycles. The molecule has 0 unspecified atom stereocenters. The molecule has 0 aromatic heterocycles. The largest absolute Gasteiger partial charge is 0.380 e. The third-order valence-corrected chi connectivity index (χ3v) is 5.50. The number of carbonyl (C=O) groups excluding carboxylic acids is 2. The number of anilines is 1. The first-order valence-corrected chi connectivity index (χ1v) is 9.92. The zero-order valence-electron chi connectivity index (χ0n) is 16.3. The predicted octanol–water partition coefficient (Wildman–Crippen LogP) is 5.74. The molecule has 30 heavy (non-hydrogen) atoms. The number of ketones is 2. The third kappa shape index (κ3) is 3.11. The molecular weight excluding hydrogens is 370 g/mol. The Labute approximate surface area is 175 Å². The number of hydrogen-bond acceptors (Lipinski definition) is 3. The van der Waals surface area contributed by atoms with E-state index in [0.717, 1.165) is 11.1 Å². The van der Waals surface area contributed by atoms with Gasteiger partial charge in [0.25, 0.3) is 0 Å². The summed E-state index contributed by atoms with van der Waals surface area (Å²) < 4.78 is 0. The molecule has 1 aliphatic rings. The number of hydrogen-bond donors (Lipinski definition) is 1. The number of benzene rings is 4. The molecule has 0 saturated heterocycles. The summed E-state index contributed by atoms with van der Waals surface area (Å²) in [6.07, 6.45) is 0. The molecule has 1 N–H and O–H groups in total. The van der Waals surface area contributed by atoms with E-state index in [9.17, 15) is 9.59 Å². The first kappa shape index (κ1) is 18.1. The highest BCUT2D eigenvalue weighted by molar-refractivity contribution is 6.30. The quantitative estimate of drug-likeness (QED) is 0.426. The van der Waals surface area contributed by atoms with Gasteiger partial charge in [0.15, 0.2) is 11.6 Å². The second-order valence-corrected chi connectivity index (χ2v) is 7.35. The Hall–Kier alpha value is -3.98. The number of rotatable bonds is 4. The van der Waals surface area contributed by atoms with Crippen LogP contribution in [-0.2, 0) is 6.54 Å². The monoisotopic (exact) mass is 389 g/mol. The second kappa shape index (κ2) is 7.45. The van der Waals surface area contributed by atoms with Crippen LogP contribution in [0.25, 0.3) is 11.1 Å². The molecule has 0 aliphatic heterocycles. The Morgan fingerprint density at radius 2 is 1.13 bits per heavy atom. The molecule has 0 fully saturated rings. The predicted molar refractivity (Wildman–Crippen MR) is 119 cm³/mol. The fourth-order valence-corrected chi connectivity index (χ4v) is 3.94. The topological polar surface area (TPSA) is 46.2 Å². The third-order valence-electron chi connectivity index (χ3n) is 5.50. The normalized spacial score (nSPS) is 12.3. The molecule has 5 rings (SSSR count). The molecule has 0 saturated carbocycles. The summed E-state index contributed by atoms with van der Waals surface area (Å²) in [6, 6.07) is 31.0. The minimum absolute atomic E-state index is 0.101. The van der Waals surface area contributed by atoms with Crippen molar-refractivity contribution in [3.63, 3.8) is 0 Å². The number of carbonyl (C=O) groups is 2. The minimum Gasteiger partial charge on any atom is -0.380 e. The maximum Gasteiger partial charge on any atom is 0.196 e. The van der Waals surface area contributed by atoms with Crippen molar-refractivity contribution in [2.75, 3.05) is 5.32 Å². The Kier molecular flexibility index (Phi) is 4.49. The summed E-state index contributed by atoms with van der Waals surface area (Å²) in [5, 5.41) is 3.36. The lowest BCUT2D eigenvalue weighted by molar-refractivity contribution is 0.0979. The summed E-state index contributed by atoms with van der Waals surface area (Å²) in [4.78, 5) is 26.0. The Morgan fingerprint density at radius 1 is 0.533 bits per heavy atom. The van der Waals surface area contributed by atoms with Crippen molar-refractivity contribution in [1.82, 2.24) is 0 Å². The van der Waals surface area contributed by atoms with Crippen molar-refractivity contribution in [1.29, 1.82) is 0 Å². The summed E-state index contributed by atoms with van der Waals surface area (Å²) >= 11 is 0. The van der Waals surface area contributed by atoms with Gasteiger partial charge in [-0.25, -0.2) is 0 Å². The summed E-state index contributed by atoms with van der Waals surface area (Å²) in [5.41, 5.74) is 5.99. The van der Waals surface area contributed by atoms with Crippen molar-refractivity contribution in [3.8, 4) is 11.1 Å². The van der Waals surface area contributed by atoms with Crippen molar-refractivity contribution in [2.45, 2.75) is 6.54 Å². The molecule has 144 valence electrons. The molecule has 0 heterocycles. The van der Waals surface area contributed by atoms with E-state index in [1.807, 2.05) is 30.3 Å². The van der Waals surface area contributed by atoms with Crippen molar-refractivity contribution < 1.29 is 9.59 Å². The van der Waals surface area contributed by atoms with Gasteiger partial charge in [0, 0.05) is 28.9 Å². The summed E-state index contributed by atoms with van der Waals surface area (Å²) in [5.74, 6) is -0.209. The first-order valence-electron chi connectivity index (χ1n) is 9.92. The van der Waals surface area contributed by atoms with Crippen LogP contribution in [0.2, 0.25) is 0 Å². The van der Waals surface area contributed by atoms with Gasteiger partial charge in [-0.05, 0) is 22.8 Å². The smallest absolute Gasteiger partial charge is 0.196 e. The van der Waals surface area contributed by atoms with Gasteiger partial charge in [-0.2, -0.15) is 0 Å². The van der Waals surface area contributed by atoms with Gasteiger partial charge in [-0.15, -0.1) is 0 Å². The van der Waals surface area contributed by atoms with Gasteiger partial charge in [0.2, 0.25) is 0 Å². The van der Waals surface area contributed by atoms with Crippen LogP contribution in [0.4, 0.5) is 5.69 Å². The molecule has 3 heteroatoms. The molecule has 0 bridgehead atoms. The first-order chi connectivity index (χ1) is 14.7. The molecule has 4 aromatic rings. The fraction of sp³-hybridized carbons (Fsp3) is 0.0370. The van der Waals surface area contributed by atoms with Gasteiger partial charge < -0.3 is 5.32 Å². The molecule has 3 nitrogen and oxygen atoms in total. The Morgan fingerprint density at radius 3 is 1.87 bits per heavy atom. The van der Waals surface area contributed by atoms with Gasteiger partial charge in [-0.3, -0.25) is 9.59 Å². The lowest BCUT2D eigenvalue weighted by Gasteiger charge is -2.20. The van der Waals surface area contributed by atoms with Gasteiger partial charge in [0.05, 0.1) is 5.56 Å². The van der Waals surface area contributed by atoms with Crippen molar-refractivity contribution in [3.05, 3.63) is 125 Å². The Bertz CT molecular complexity index is 1260. The van der Waals surface area contributed by atoms with Crippen LogP contribution < -0.4 is 5.32 Å². The van der Waals surface area contributed by atoms with E-state index >= 15 is 0 Å². The summed E-state index contributed by atoms with van der Waals surface area (Å²) in [6.45, 7) is 0.564. The summed E-state index contributed by atoms with van der Waals surface area (Å²) in [7, 11) is 0. The maximum absolute atomic E-state index is 13.1. The average molecular weight is 389 g/mol. The van der Waals surface area contributed by atoms with Crippen LogP contribution in [0, 0.1) is 0 Å². The van der Waals surface area contributed by atoms with Crippen LogP contribution in [0.5, 0.6) is 0 Å². The van der Waals surface area contributed by atoms with Crippen LogP contribution in [0.15, 0.2) is 97.1 Å². The molecule has 0 spiro atoms. The lowest BCUT2D eigenvalue weighted by Crippen LogP contribution is -2.22. The van der Waals surface area contributed by atoms with Gasteiger partial charge in [-0.1, -0.05) is 91.0 Å². The van der Waals surface area contributed by atoms with E-state index in [1.165, 1.54) is 5.56 Å². The highest BCUT2D eigenvalue weighted by Gasteiger charge is 2.31. The van der Waals surface area contributed by atoms with Gasteiger partial charge in [0.1, 0.15) is 0 Å². The average Bonchev–Trinajstić information content (AvgIpc) is 2.82. The maximum atomic E-state index is 13.1.